The Morgan fingerprint density at radius 2 is 1.11 bits per heavy atom. The second-order valence-corrected chi connectivity index (χ2v) is 14.7. The quantitative estimate of drug-likeness (QED) is 0.163. The van der Waals surface area contributed by atoms with Gasteiger partial charge in [0.1, 0.15) is 11.0 Å². The smallest absolute Gasteiger partial charge is 0.129 e. The first-order chi connectivity index (χ1) is 28.3. The molecule has 0 N–H and O–H groups in total. The van der Waals surface area contributed by atoms with Crippen molar-refractivity contribution in [2.75, 3.05) is 4.90 Å². The molecule has 0 amide bonds. The second kappa shape index (κ2) is 13.7. The monoisotopic (exact) mass is 747 g/mol. The molecule has 57 heavy (non-hydrogen) atoms. The molecule has 268 valence electrons. The van der Waals surface area contributed by atoms with Crippen LogP contribution in [0.15, 0.2) is 200 Å². The maximum atomic E-state index is 4.98. The molecule has 0 bridgehead atoms. The Kier molecular flexibility index (Phi) is 7.93. The molecule has 0 saturated heterocycles. The van der Waals surface area contributed by atoms with E-state index in [0.29, 0.717) is 0 Å². The van der Waals surface area contributed by atoms with Crippen molar-refractivity contribution in [2.45, 2.75) is 0 Å². The van der Waals surface area contributed by atoms with E-state index in [0.717, 1.165) is 55.9 Å². The van der Waals surface area contributed by atoms with Gasteiger partial charge in [-0.2, -0.15) is 8.75 Å². The summed E-state index contributed by atoms with van der Waals surface area (Å²) in [7, 11) is 0. The zero-order valence-electron chi connectivity index (χ0n) is 30.7. The third-order valence-electron chi connectivity index (χ3n) is 11.0. The zero-order valence-corrected chi connectivity index (χ0v) is 31.5. The van der Waals surface area contributed by atoms with Crippen LogP contribution in [0.1, 0.15) is 0 Å². The molecule has 3 aromatic heterocycles. The Hall–Kier alpha value is -7.41. The molecule has 11 rings (SSSR count). The molecule has 0 aliphatic carbocycles. The molecule has 0 saturated carbocycles. The zero-order chi connectivity index (χ0) is 37.7. The summed E-state index contributed by atoms with van der Waals surface area (Å²) in [6, 6.07) is 67.0. The van der Waals surface area contributed by atoms with Gasteiger partial charge >= 0.3 is 0 Å². The summed E-state index contributed by atoms with van der Waals surface area (Å²) in [6.07, 6.45) is 3.74. The van der Waals surface area contributed by atoms with Crippen molar-refractivity contribution in [1.29, 1.82) is 0 Å². The molecule has 0 unspecified atom stereocenters. The number of fused-ring (bicyclic) bond motifs is 5. The Balaban J connectivity index is 1.06. The number of para-hydroxylation sites is 1. The van der Waals surface area contributed by atoms with Crippen molar-refractivity contribution in [1.82, 2.24) is 18.3 Å². The van der Waals surface area contributed by atoms with E-state index in [1.807, 2.05) is 18.5 Å². The highest BCUT2D eigenvalue weighted by Gasteiger charge is 2.21. The third kappa shape index (κ3) is 5.65. The Bertz CT molecular complexity index is 3220. The number of hydrogen-bond acceptors (Lipinski definition) is 5. The minimum atomic E-state index is 0.857. The molecule has 5 nitrogen and oxygen atoms in total. The average Bonchev–Trinajstić information content (AvgIpc) is 3.91. The van der Waals surface area contributed by atoms with Crippen molar-refractivity contribution >= 4 is 72.4 Å². The fourth-order valence-electron chi connectivity index (χ4n) is 8.30. The van der Waals surface area contributed by atoms with E-state index in [1.54, 1.807) is 0 Å². The maximum Gasteiger partial charge on any atom is 0.129 e. The second-order valence-electron chi connectivity index (χ2n) is 14.2. The van der Waals surface area contributed by atoms with Gasteiger partial charge in [-0.25, -0.2) is 0 Å². The minimum absolute atomic E-state index is 0.857. The van der Waals surface area contributed by atoms with Gasteiger partial charge in [-0.15, -0.1) is 0 Å². The third-order valence-corrected chi connectivity index (χ3v) is 11.5. The highest BCUT2D eigenvalue weighted by Crippen LogP contribution is 2.43. The van der Waals surface area contributed by atoms with Crippen LogP contribution >= 0.6 is 11.7 Å². The number of rotatable bonds is 7. The fraction of sp³-hybridized carbons (Fsp3) is 0. The highest BCUT2D eigenvalue weighted by atomic mass is 32.1. The summed E-state index contributed by atoms with van der Waals surface area (Å²) in [4.78, 5) is 6.76. The van der Waals surface area contributed by atoms with E-state index in [4.69, 9.17) is 8.75 Å². The lowest BCUT2D eigenvalue weighted by Crippen LogP contribution is -2.10. The van der Waals surface area contributed by atoms with Gasteiger partial charge < -0.3 is 9.47 Å². The number of hydrogen-bond donors (Lipinski definition) is 0. The van der Waals surface area contributed by atoms with Gasteiger partial charge in [0.2, 0.25) is 0 Å². The maximum absolute atomic E-state index is 4.98. The lowest BCUT2D eigenvalue weighted by molar-refractivity contribution is 1.14. The predicted molar refractivity (Wildman–Crippen MR) is 238 cm³/mol. The van der Waals surface area contributed by atoms with E-state index >= 15 is 0 Å². The number of aromatic nitrogens is 4. The van der Waals surface area contributed by atoms with Crippen LogP contribution < -0.4 is 4.90 Å². The first-order valence-electron chi connectivity index (χ1n) is 19.0. The van der Waals surface area contributed by atoms with Crippen molar-refractivity contribution in [3.05, 3.63) is 200 Å². The van der Waals surface area contributed by atoms with Crippen LogP contribution in [0.2, 0.25) is 0 Å². The largest absolute Gasteiger partial charge is 0.308 e. The van der Waals surface area contributed by atoms with Crippen LogP contribution in [0, 0.1) is 0 Å². The Morgan fingerprint density at radius 1 is 0.439 bits per heavy atom. The Labute approximate surface area is 333 Å². The lowest BCUT2D eigenvalue weighted by atomic mass is 9.97. The van der Waals surface area contributed by atoms with Crippen LogP contribution in [0.3, 0.4) is 0 Å². The molecule has 0 aliphatic heterocycles. The lowest BCUT2D eigenvalue weighted by Gasteiger charge is -2.26. The molecule has 0 radical (unpaired) electrons. The van der Waals surface area contributed by atoms with Crippen molar-refractivity contribution in [3.8, 4) is 39.1 Å². The van der Waals surface area contributed by atoms with Gasteiger partial charge in [0, 0.05) is 33.9 Å². The number of anilines is 3. The molecule has 0 fully saturated rings. The SMILES string of the molecule is c1ccc(-c2ccc(N(c3ccc(-c4cccc5ccccc45)cc3)c3ccc(-c4ccc5c6ccccc6n(-c6cccnc6)c5c4)c4nsnc34)cc2)cc1. The molecule has 8 aromatic carbocycles. The summed E-state index contributed by atoms with van der Waals surface area (Å²) in [5.74, 6) is 0. The van der Waals surface area contributed by atoms with Crippen molar-refractivity contribution in [2.24, 2.45) is 0 Å². The molecular formula is C51H33N5S. The van der Waals surface area contributed by atoms with Crippen molar-refractivity contribution in [3.63, 3.8) is 0 Å². The average molecular weight is 748 g/mol. The molecule has 3 heterocycles. The molecule has 0 atom stereocenters. The fourth-order valence-corrected chi connectivity index (χ4v) is 8.87. The van der Waals surface area contributed by atoms with E-state index < -0.39 is 0 Å². The molecule has 11 aromatic rings. The minimum Gasteiger partial charge on any atom is -0.308 e. The summed E-state index contributed by atoms with van der Waals surface area (Å²) >= 11 is 1.25. The van der Waals surface area contributed by atoms with Crippen LogP contribution in [-0.4, -0.2) is 18.3 Å². The normalized spacial score (nSPS) is 11.5. The predicted octanol–water partition coefficient (Wildman–Crippen LogP) is 13.8. The highest BCUT2D eigenvalue weighted by molar-refractivity contribution is 7.00. The first kappa shape index (κ1) is 33.0. The number of benzene rings is 8. The standard InChI is InChI=1S/C51H33N5S/c1-2-10-34(11-3-1)35-19-24-39(25-20-35)55(40-26-21-37(22-27-40)43-17-8-13-36-12-4-5-15-42(36)43)48-30-29-44(50-51(48)54-57-53-50)38-23-28-46-45-16-6-7-18-47(45)56(49(46)32-38)41-14-9-31-52-33-41/h1-33H. The van der Waals surface area contributed by atoms with E-state index in [1.165, 1.54) is 55.5 Å². The summed E-state index contributed by atoms with van der Waals surface area (Å²) in [6.45, 7) is 0. The van der Waals surface area contributed by atoms with Gasteiger partial charge in [0.25, 0.3) is 0 Å². The summed E-state index contributed by atoms with van der Waals surface area (Å²) in [5, 5.41) is 4.88. The molecule has 6 heteroatoms. The molecule has 0 aliphatic rings. The summed E-state index contributed by atoms with van der Waals surface area (Å²) < 4.78 is 12.2. The van der Waals surface area contributed by atoms with Gasteiger partial charge in [0.05, 0.1) is 40.3 Å². The van der Waals surface area contributed by atoms with Crippen LogP contribution in [0.25, 0.3) is 82.7 Å². The van der Waals surface area contributed by atoms with E-state index in [-0.39, 0.29) is 0 Å². The number of nitrogens with zero attached hydrogens (tertiary/aromatic N) is 5. The summed E-state index contributed by atoms with van der Waals surface area (Å²) in [5.41, 5.74) is 14.9. The van der Waals surface area contributed by atoms with Crippen LogP contribution in [0.5, 0.6) is 0 Å². The van der Waals surface area contributed by atoms with Gasteiger partial charge in [0.15, 0.2) is 0 Å². The van der Waals surface area contributed by atoms with Crippen LogP contribution in [-0.2, 0) is 0 Å². The van der Waals surface area contributed by atoms with Gasteiger partial charge in [-0.1, -0.05) is 127 Å². The van der Waals surface area contributed by atoms with E-state index in [9.17, 15) is 0 Å². The van der Waals surface area contributed by atoms with Crippen LogP contribution in [0.4, 0.5) is 17.1 Å². The molecular weight excluding hydrogens is 715 g/mol. The topological polar surface area (TPSA) is 46.8 Å². The number of pyridine rings is 1. The first-order valence-corrected chi connectivity index (χ1v) is 19.7. The van der Waals surface area contributed by atoms with Gasteiger partial charge in [-0.05, 0) is 99.3 Å². The van der Waals surface area contributed by atoms with Gasteiger partial charge in [-0.3, -0.25) is 4.98 Å². The Morgan fingerprint density at radius 3 is 1.91 bits per heavy atom. The molecule has 0 spiro atoms. The van der Waals surface area contributed by atoms with Crippen molar-refractivity contribution < 1.29 is 0 Å². The van der Waals surface area contributed by atoms with E-state index in [2.05, 4.69) is 196 Å².